The summed E-state index contributed by atoms with van der Waals surface area (Å²) in [5.74, 6) is 0.864. The van der Waals surface area contributed by atoms with E-state index < -0.39 is 0 Å². The van der Waals surface area contributed by atoms with Crippen LogP contribution < -0.4 is 10.5 Å². The highest BCUT2D eigenvalue weighted by molar-refractivity contribution is 5.50. The van der Waals surface area contributed by atoms with Crippen molar-refractivity contribution in [3.8, 4) is 5.75 Å². The molecule has 0 unspecified atom stereocenters. The van der Waals surface area contributed by atoms with E-state index in [0.29, 0.717) is 6.04 Å². The highest BCUT2D eigenvalue weighted by Crippen LogP contribution is 2.30. The second kappa shape index (κ2) is 5.23. The second-order valence-electron chi connectivity index (χ2n) is 4.51. The van der Waals surface area contributed by atoms with Gasteiger partial charge in [-0.15, -0.1) is 6.58 Å². The fourth-order valence-electron chi connectivity index (χ4n) is 2.01. The lowest BCUT2D eigenvalue weighted by Crippen LogP contribution is -2.26. The molecule has 0 saturated heterocycles. The fourth-order valence-corrected chi connectivity index (χ4v) is 2.01. The van der Waals surface area contributed by atoms with E-state index in [-0.39, 0.29) is 0 Å². The van der Waals surface area contributed by atoms with Crippen molar-refractivity contribution in [2.45, 2.75) is 25.4 Å². The summed E-state index contributed by atoms with van der Waals surface area (Å²) in [6, 6.07) is 6.54. The summed E-state index contributed by atoms with van der Waals surface area (Å²) in [4.78, 5) is 2.41. The smallest absolute Gasteiger partial charge is 0.119 e. The third-order valence-electron chi connectivity index (χ3n) is 3.15. The molecule has 17 heavy (non-hydrogen) atoms. The summed E-state index contributed by atoms with van der Waals surface area (Å²) >= 11 is 0. The fraction of sp³-hybridized carbons (Fsp3) is 0.429. The average Bonchev–Trinajstić information content (AvgIpc) is 3.15. The third kappa shape index (κ3) is 3.01. The van der Waals surface area contributed by atoms with E-state index in [1.807, 2.05) is 24.3 Å². The van der Waals surface area contributed by atoms with E-state index in [1.54, 1.807) is 7.11 Å². The molecule has 1 aromatic carbocycles. The van der Waals surface area contributed by atoms with Gasteiger partial charge in [0.1, 0.15) is 5.75 Å². The maximum Gasteiger partial charge on any atom is 0.119 e. The SMILES string of the molecule is C=CCN(Cc1cc(OC)ccc1N)C1CC1. The standard InChI is InChI=1S/C14H20N2O/c1-3-8-16(12-4-5-12)10-11-9-13(17-2)6-7-14(11)15/h3,6-7,9,12H,1,4-5,8,10,15H2,2H3. The normalized spacial score (nSPS) is 14.9. The van der Waals surface area contributed by atoms with Crippen LogP contribution in [0.1, 0.15) is 18.4 Å². The predicted molar refractivity (Wildman–Crippen MR) is 71.0 cm³/mol. The number of rotatable bonds is 6. The Labute approximate surface area is 103 Å². The molecule has 0 amide bonds. The van der Waals surface area contributed by atoms with Gasteiger partial charge in [0, 0.05) is 24.8 Å². The number of nitrogen functional groups attached to an aromatic ring is 1. The first kappa shape index (κ1) is 12.0. The number of anilines is 1. The molecule has 2 N–H and O–H groups in total. The molecule has 3 heteroatoms. The van der Waals surface area contributed by atoms with Crippen molar-refractivity contribution in [1.29, 1.82) is 0 Å². The summed E-state index contributed by atoms with van der Waals surface area (Å²) in [6.45, 7) is 5.60. The quantitative estimate of drug-likeness (QED) is 0.604. The van der Waals surface area contributed by atoms with Gasteiger partial charge in [0.2, 0.25) is 0 Å². The number of hydrogen-bond donors (Lipinski definition) is 1. The predicted octanol–water partition coefficient (Wildman–Crippen LogP) is 2.43. The van der Waals surface area contributed by atoms with Crippen LogP contribution in [0.4, 0.5) is 5.69 Å². The van der Waals surface area contributed by atoms with Gasteiger partial charge in [-0.2, -0.15) is 0 Å². The number of ether oxygens (including phenoxy) is 1. The van der Waals surface area contributed by atoms with Crippen LogP contribution >= 0.6 is 0 Å². The lowest BCUT2D eigenvalue weighted by atomic mass is 10.1. The number of nitrogens with zero attached hydrogens (tertiary/aromatic N) is 1. The molecule has 1 aromatic rings. The lowest BCUT2D eigenvalue weighted by Gasteiger charge is -2.21. The van der Waals surface area contributed by atoms with Crippen molar-refractivity contribution in [2.75, 3.05) is 19.4 Å². The van der Waals surface area contributed by atoms with Gasteiger partial charge in [0.25, 0.3) is 0 Å². The van der Waals surface area contributed by atoms with E-state index in [0.717, 1.165) is 30.1 Å². The van der Waals surface area contributed by atoms with Crippen molar-refractivity contribution in [3.05, 3.63) is 36.4 Å². The highest BCUT2D eigenvalue weighted by Gasteiger charge is 2.28. The lowest BCUT2D eigenvalue weighted by molar-refractivity contribution is 0.284. The van der Waals surface area contributed by atoms with Gasteiger partial charge in [0.05, 0.1) is 7.11 Å². The first-order valence-corrected chi connectivity index (χ1v) is 6.02. The summed E-state index contributed by atoms with van der Waals surface area (Å²) in [6.07, 6.45) is 4.53. The molecule has 2 rings (SSSR count). The Balaban J connectivity index is 2.12. The van der Waals surface area contributed by atoms with Gasteiger partial charge in [-0.3, -0.25) is 4.90 Å². The second-order valence-corrected chi connectivity index (χ2v) is 4.51. The summed E-state index contributed by atoms with van der Waals surface area (Å²) in [5.41, 5.74) is 7.97. The molecule has 0 bridgehead atoms. The Morgan fingerprint density at radius 3 is 2.88 bits per heavy atom. The Bertz CT molecular complexity index is 399. The maximum absolute atomic E-state index is 6.00. The third-order valence-corrected chi connectivity index (χ3v) is 3.15. The van der Waals surface area contributed by atoms with E-state index in [4.69, 9.17) is 10.5 Å². The van der Waals surface area contributed by atoms with Gasteiger partial charge < -0.3 is 10.5 Å². The van der Waals surface area contributed by atoms with Crippen LogP contribution in [0.5, 0.6) is 5.75 Å². The molecule has 92 valence electrons. The molecule has 0 spiro atoms. The van der Waals surface area contributed by atoms with Crippen LogP contribution in [0.3, 0.4) is 0 Å². The van der Waals surface area contributed by atoms with E-state index in [9.17, 15) is 0 Å². The van der Waals surface area contributed by atoms with Crippen molar-refractivity contribution in [3.63, 3.8) is 0 Å². The molecule has 0 aliphatic heterocycles. The number of methoxy groups -OCH3 is 1. The van der Waals surface area contributed by atoms with Crippen molar-refractivity contribution >= 4 is 5.69 Å². The Morgan fingerprint density at radius 1 is 1.53 bits per heavy atom. The van der Waals surface area contributed by atoms with Crippen LogP contribution in [0.2, 0.25) is 0 Å². The Kier molecular flexibility index (Phi) is 3.69. The van der Waals surface area contributed by atoms with Gasteiger partial charge >= 0.3 is 0 Å². The molecule has 0 radical (unpaired) electrons. The molecule has 0 heterocycles. The van der Waals surface area contributed by atoms with Crippen LogP contribution in [0.25, 0.3) is 0 Å². The van der Waals surface area contributed by atoms with Crippen LogP contribution in [0, 0.1) is 0 Å². The average molecular weight is 232 g/mol. The van der Waals surface area contributed by atoms with Crippen LogP contribution in [-0.4, -0.2) is 24.6 Å². The molecule has 1 saturated carbocycles. The Hall–Kier alpha value is -1.48. The molecule has 3 nitrogen and oxygen atoms in total. The zero-order valence-electron chi connectivity index (χ0n) is 10.4. The summed E-state index contributed by atoms with van der Waals surface area (Å²) < 4.78 is 5.23. The van der Waals surface area contributed by atoms with Gasteiger partial charge in [-0.25, -0.2) is 0 Å². The van der Waals surface area contributed by atoms with Crippen LogP contribution in [0.15, 0.2) is 30.9 Å². The Morgan fingerprint density at radius 2 is 2.29 bits per heavy atom. The minimum Gasteiger partial charge on any atom is -0.497 e. The summed E-state index contributed by atoms with van der Waals surface area (Å²) in [5, 5.41) is 0. The number of nitrogens with two attached hydrogens (primary N) is 1. The first-order chi connectivity index (χ1) is 8.24. The van der Waals surface area contributed by atoms with Gasteiger partial charge in [0.15, 0.2) is 0 Å². The zero-order chi connectivity index (χ0) is 12.3. The monoisotopic (exact) mass is 232 g/mol. The first-order valence-electron chi connectivity index (χ1n) is 6.02. The molecular formula is C14H20N2O. The zero-order valence-corrected chi connectivity index (χ0v) is 10.4. The topological polar surface area (TPSA) is 38.5 Å². The molecule has 1 fully saturated rings. The van der Waals surface area contributed by atoms with Crippen molar-refractivity contribution in [2.24, 2.45) is 0 Å². The largest absolute Gasteiger partial charge is 0.497 e. The van der Waals surface area contributed by atoms with Gasteiger partial charge in [-0.05, 0) is 36.6 Å². The van der Waals surface area contributed by atoms with Crippen LogP contribution in [-0.2, 0) is 6.54 Å². The van der Waals surface area contributed by atoms with Crippen molar-refractivity contribution in [1.82, 2.24) is 4.90 Å². The minimum atomic E-state index is 0.707. The van der Waals surface area contributed by atoms with E-state index >= 15 is 0 Å². The molecule has 1 aliphatic rings. The highest BCUT2D eigenvalue weighted by atomic mass is 16.5. The molecule has 1 aliphatic carbocycles. The molecule has 0 atom stereocenters. The van der Waals surface area contributed by atoms with E-state index in [2.05, 4.69) is 11.5 Å². The maximum atomic E-state index is 6.00. The number of hydrogen-bond acceptors (Lipinski definition) is 3. The summed E-state index contributed by atoms with van der Waals surface area (Å²) in [7, 11) is 1.68. The minimum absolute atomic E-state index is 0.707. The molecular weight excluding hydrogens is 212 g/mol. The number of benzene rings is 1. The molecule has 0 aromatic heterocycles. The van der Waals surface area contributed by atoms with E-state index in [1.165, 1.54) is 12.8 Å². The van der Waals surface area contributed by atoms with Crippen molar-refractivity contribution < 1.29 is 4.74 Å². The van der Waals surface area contributed by atoms with Gasteiger partial charge in [-0.1, -0.05) is 6.08 Å².